The number of hydrogen-bond acceptors (Lipinski definition) is 3. The number of benzene rings is 1. The van der Waals surface area contributed by atoms with Crippen molar-refractivity contribution in [3.8, 4) is 11.3 Å². The molecule has 1 aromatic carbocycles. The first-order chi connectivity index (χ1) is 11.7. The first-order valence-electron chi connectivity index (χ1n) is 9.02. The molecule has 0 aliphatic carbocycles. The van der Waals surface area contributed by atoms with Crippen LogP contribution >= 0.6 is 0 Å². The number of aromatic nitrogens is 2. The molecule has 1 aliphatic heterocycles. The van der Waals surface area contributed by atoms with Gasteiger partial charge in [0, 0.05) is 37.4 Å². The molecule has 0 bridgehead atoms. The molecule has 0 unspecified atom stereocenters. The van der Waals surface area contributed by atoms with E-state index in [1.54, 1.807) is 7.11 Å². The Morgan fingerprint density at radius 3 is 2.92 bits per heavy atom. The second kappa shape index (κ2) is 7.95. The molecule has 1 N–H and O–H groups in total. The molecule has 1 atom stereocenters. The number of hydrogen-bond donors (Lipinski definition) is 1. The van der Waals surface area contributed by atoms with Crippen molar-refractivity contribution in [3.05, 3.63) is 41.1 Å². The van der Waals surface area contributed by atoms with E-state index in [-0.39, 0.29) is 0 Å². The van der Waals surface area contributed by atoms with Crippen LogP contribution in [0.15, 0.2) is 24.4 Å². The van der Waals surface area contributed by atoms with Crippen LogP contribution in [-0.4, -0.2) is 41.4 Å². The molecule has 1 saturated heterocycles. The quantitative estimate of drug-likeness (QED) is 0.869. The van der Waals surface area contributed by atoms with Gasteiger partial charge in [-0.15, -0.1) is 0 Å². The van der Waals surface area contributed by atoms with E-state index in [2.05, 4.69) is 47.1 Å². The molecule has 4 heteroatoms. The highest BCUT2D eigenvalue weighted by Crippen LogP contribution is 2.27. The van der Waals surface area contributed by atoms with E-state index in [0.29, 0.717) is 6.04 Å². The standard InChI is InChI=1S/C20H29N3O/c1-15-7-8-17(12-16(15)2)20-18(13-21-22-20)14-23-10-5-4-6-19(23)9-11-24-3/h7-8,12-13,19H,4-6,9-11,14H2,1-3H3,(H,21,22)/t19-/m0/s1. The number of nitrogens with zero attached hydrogens (tertiary/aromatic N) is 2. The number of rotatable bonds is 6. The SMILES string of the molecule is COCC[C@@H]1CCCCN1Cc1cn[nH]c1-c1ccc(C)c(C)c1. The number of aromatic amines is 1. The van der Waals surface area contributed by atoms with Crippen LogP contribution in [0.2, 0.25) is 0 Å². The summed E-state index contributed by atoms with van der Waals surface area (Å²) in [4.78, 5) is 2.61. The minimum atomic E-state index is 0.626. The second-order valence-corrected chi connectivity index (χ2v) is 6.97. The Balaban J connectivity index is 1.78. The fourth-order valence-electron chi connectivity index (χ4n) is 3.65. The molecule has 1 aromatic heterocycles. The molecule has 0 radical (unpaired) electrons. The molecule has 1 fully saturated rings. The Bertz CT molecular complexity index is 665. The number of aryl methyl sites for hydroxylation is 2. The Kier molecular flexibility index (Phi) is 5.69. The summed E-state index contributed by atoms with van der Waals surface area (Å²) in [6, 6.07) is 7.27. The van der Waals surface area contributed by atoms with E-state index in [4.69, 9.17) is 4.74 Å². The smallest absolute Gasteiger partial charge is 0.0695 e. The van der Waals surface area contributed by atoms with Gasteiger partial charge in [0.05, 0.1) is 11.9 Å². The lowest BCUT2D eigenvalue weighted by atomic mass is 9.97. The van der Waals surface area contributed by atoms with Gasteiger partial charge in [0.25, 0.3) is 0 Å². The van der Waals surface area contributed by atoms with Gasteiger partial charge in [0.1, 0.15) is 0 Å². The molecule has 0 amide bonds. The maximum absolute atomic E-state index is 5.30. The predicted molar refractivity (Wildman–Crippen MR) is 98.0 cm³/mol. The molecule has 1 aliphatic rings. The predicted octanol–water partition coefficient (Wildman–Crippen LogP) is 4.08. The fraction of sp³-hybridized carbons (Fsp3) is 0.550. The summed E-state index contributed by atoms with van der Waals surface area (Å²) in [7, 11) is 1.79. The van der Waals surface area contributed by atoms with Crippen LogP contribution in [0, 0.1) is 13.8 Å². The molecule has 0 spiro atoms. The second-order valence-electron chi connectivity index (χ2n) is 6.97. The molecule has 0 saturated carbocycles. The van der Waals surface area contributed by atoms with Crippen LogP contribution in [0.3, 0.4) is 0 Å². The Labute approximate surface area is 145 Å². The topological polar surface area (TPSA) is 41.1 Å². The first-order valence-corrected chi connectivity index (χ1v) is 9.02. The van der Waals surface area contributed by atoms with E-state index in [1.165, 1.54) is 48.1 Å². The van der Waals surface area contributed by atoms with Gasteiger partial charge < -0.3 is 4.74 Å². The number of nitrogens with one attached hydrogen (secondary N) is 1. The lowest BCUT2D eigenvalue weighted by Crippen LogP contribution is -2.39. The summed E-state index contributed by atoms with van der Waals surface area (Å²) < 4.78 is 5.30. The highest BCUT2D eigenvalue weighted by atomic mass is 16.5. The Morgan fingerprint density at radius 1 is 1.25 bits per heavy atom. The maximum Gasteiger partial charge on any atom is 0.0695 e. The van der Waals surface area contributed by atoms with Gasteiger partial charge in [-0.05, 0) is 56.8 Å². The Morgan fingerprint density at radius 2 is 2.12 bits per heavy atom. The Hall–Kier alpha value is -1.65. The van der Waals surface area contributed by atoms with Crippen molar-refractivity contribution < 1.29 is 4.74 Å². The minimum absolute atomic E-state index is 0.626. The molecular weight excluding hydrogens is 298 g/mol. The maximum atomic E-state index is 5.30. The van der Waals surface area contributed by atoms with Crippen molar-refractivity contribution in [2.75, 3.05) is 20.3 Å². The number of likely N-dealkylation sites (tertiary alicyclic amines) is 1. The van der Waals surface area contributed by atoms with Crippen LogP contribution in [0.5, 0.6) is 0 Å². The summed E-state index contributed by atoms with van der Waals surface area (Å²) in [6.45, 7) is 7.30. The number of methoxy groups -OCH3 is 1. The van der Waals surface area contributed by atoms with Gasteiger partial charge in [-0.3, -0.25) is 10.00 Å². The highest BCUT2D eigenvalue weighted by molar-refractivity contribution is 5.64. The molecule has 2 aromatic rings. The average Bonchev–Trinajstić information content (AvgIpc) is 3.05. The molecule has 4 nitrogen and oxygen atoms in total. The molecular formula is C20H29N3O. The average molecular weight is 327 g/mol. The van der Waals surface area contributed by atoms with E-state index in [9.17, 15) is 0 Å². The van der Waals surface area contributed by atoms with Gasteiger partial charge in [0.2, 0.25) is 0 Å². The zero-order valence-corrected chi connectivity index (χ0v) is 15.1. The van der Waals surface area contributed by atoms with Crippen LogP contribution in [0.1, 0.15) is 42.4 Å². The lowest BCUT2D eigenvalue weighted by molar-refractivity contribution is 0.0975. The molecule has 2 heterocycles. The van der Waals surface area contributed by atoms with Gasteiger partial charge >= 0.3 is 0 Å². The molecule has 24 heavy (non-hydrogen) atoms. The molecule has 3 rings (SSSR count). The van der Waals surface area contributed by atoms with Crippen LogP contribution in [-0.2, 0) is 11.3 Å². The summed E-state index contributed by atoms with van der Waals surface area (Å²) in [6.07, 6.45) is 7.01. The van der Waals surface area contributed by atoms with E-state index in [0.717, 1.165) is 25.3 Å². The van der Waals surface area contributed by atoms with Gasteiger partial charge in [-0.2, -0.15) is 5.10 Å². The van der Waals surface area contributed by atoms with Crippen molar-refractivity contribution in [1.82, 2.24) is 15.1 Å². The largest absolute Gasteiger partial charge is 0.385 e. The number of H-pyrrole nitrogens is 1. The third-order valence-electron chi connectivity index (χ3n) is 5.29. The monoisotopic (exact) mass is 327 g/mol. The first kappa shape index (κ1) is 17.2. The van der Waals surface area contributed by atoms with Crippen molar-refractivity contribution in [3.63, 3.8) is 0 Å². The minimum Gasteiger partial charge on any atom is -0.385 e. The molecule has 130 valence electrons. The van der Waals surface area contributed by atoms with Crippen molar-refractivity contribution in [2.24, 2.45) is 0 Å². The van der Waals surface area contributed by atoms with Crippen molar-refractivity contribution in [1.29, 1.82) is 0 Å². The van der Waals surface area contributed by atoms with Crippen molar-refractivity contribution >= 4 is 0 Å². The van der Waals surface area contributed by atoms with Gasteiger partial charge in [-0.25, -0.2) is 0 Å². The number of piperidine rings is 1. The third-order valence-corrected chi connectivity index (χ3v) is 5.29. The third kappa shape index (κ3) is 3.87. The zero-order chi connectivity index (χ0) is 16.9. The van der Waals surface area contributed by atoms with Gasteiger partial charge in [-0.1, -0.05) is 18.6 Å². The van der Waals surface area contributed by atoms with Crippen LogP contribution in [0.25, 0.3) is 11.3 Å². The summed E-state index contributed by atoms with van der Waals surface area (Å²) in [5, 5.41) is 7.54. The lowest BCUT2D eigenvalue weighted by Gasteiger charge is -2.35. The fourth-order valence-corrected chi connectivity index (χ4v) is 3.65. The normalized spacial score (nSPS) is 18.9. The summed E-state index contributed by atoms with van der Waals surface area (Å²) in [5.74, 6) is 0. The van der Waals surface area contributed by atoms with E-state index >= 15 is 0 Å². The van der Waals surface area contributed by atoms with Gasteiger partial charge in [0.15, 0.2) is 0 Å². The highest BCUT2D eigenvalue weighted by Gasteiger charge is 2.23. The summed E-state index contributed by atoms with van der Waals surface area (Å²) >= 11 is 0. The summed E-state index contributed by atoms with van der Waals surface area (Å²) in [5.41, 5.74) is 6.34. The van der Waals surface area contributed by atoms with Crippen molar-refractivity contribution in [2.45, 2.75) is 52.1 Å². The zero-order valence-electron chi connectivity index (χ0n) is 15.1. The number of ether oxygens (including phenoxy) is 1. The van der Waals surface area contributed by atoms with Crippen LogP contribution in [0.4, 0.5) is 0 Å². The van der Waals surface area contributed by atoms with E-state index < -0.39 is 0 Å². The van der Waals surface area contributed by atoms with E-state index in [1.807, 2.05) is 6.20 Å². The van der Waals surface area contributed by atoms with Crippen LogP contribution < -0.4 is 0 Å².